The number of benzene rings is 5. The zero-order valence-electron chi connectivity index (χ0n) is 40.1. The van der Waals surface area contributed by atoms with Crippen molar-refractivity contribution in [3.63, 3.8) is 0 Å². The van der Waals surface area contributed by atoms with Crippen molar-refractivity contribution in [3.05, 3.63) is 160 Å². The van der Waals surface area contributed by atoms with Gasteiger partial charge in [0.15, 0.2) is 23.0 Å². The van der Waals surface area contributed by atoms with Crippen LogP contribution in [0.1, 0.15) is 94.3 Å². The summed E-state index contributed by atoms with van der Waals surface area (Å²) in [5.74, 6) is 1.08. The highest BCUT2D eigenvalue weighted by molar-refractivity contribution is 7.18. The first-order chi connectivity index (χ1) is 33.5. The third-order valence-corrected chi connectivity index (χ3v) is 14.8. The summed E-state index contributed by atoms with van der Waals surface area (Å²) in [4.78, 5) is 44.4. The Morgan fingerprint density at radius 2 is 1.39 bits per heavy atom. The average molecular weight is 957 g/mol. The van der Waals surface area contributed by atoms with Crippen molar-refractivity contribution in [1.29, 1.82) is 0 Å². The molecular weight excluding hydrogens is 904 g/mol. The molecule has 0 aliphatic heterocycles. The van der Waals surface area contributed by atoms with Crippen LogP contribution < -0.4 is 10.4 Å². The molecule has 0 bridgehead atoms. The quantitative estimate of drug-likeness (QED) is 0.0551. The monoisotopic (exact) mass is 956 g/mol. The minimum atomic E-state index is -0.341. The summed E-state index contributed by atoms with van der Waals surface area (Å²) in [5, 5.41) is 46.1. The molecule has 5 N–H and O–H groups in total. The number of imidazole rings is 1. The minimum absolute atomic E-state index is 0.0751. The van der Waals surface area contributed by atoms with Crippen LogP contribution in [0.15, 0.2) is 87.4 Å². The van der Waals surface area contributed by atoms with E-state index in [0.29, 0.717) is 138 Å². The predicted molar refractivity (Wildman–Crippen MR) is 273 cm³/mol. The first kappa shape index (κ1) is 47.4. The number of oxazole rings is 1. The molecule has 70 heavy (non-hydrogen) atoms. The summed E-state index contributed by atoms with van der Waals surface area (Å²) in [5.41, 5.74) is 10.5. The maximum atomic E-state index is 13.7. The molecule has 3 aromatic heterocycles. The molecule has 1 aliphatic carbocycles. The molecule has 1 aliphatic rings. The van der Waals surface area contributed by atoms with Gasteiger partial charge in [0.05, 0.1) is 26.3 Å². The zero-order chi connectivity index (χ0) is 49.7. The zero-order valence-corrected chi connectivity index (χ0v) is 40.9. The number of aromatic nitrogens is 4. The largest absolute Gasteiger partial charge is 0.507 e. The minimum Gasteiger partial charge on any atom is -0.507 e. The Kier molecular flexibility index (Phi) is 12.9. The van der Waals surface area contributed by atoms with E-state index in [9.17, 15) is 34.4 Å². The molecule has 0 saturated carbocycles. The number of aromatic amines is 1. The molecule has 0 saturated heterocycles. The van der Waals surface area contributed by atoms with Crippen LogP contribution in [-0.4, -0.2) is 51.9 Å². The van der Waals surface area contributed by atoms with Gasteiger partial charge in [-0.25, -0.2) is 19.3 Å². The Balaban J connectivity index is 0.850. The topological polar surface area (TPSA) is 183 Å². The van der Waals surface area contributed by atoms with Crippen LogP contribution in [0, 0.1) is 40.4 Å². The number of fused-ring (bicyclic) bond motifs is 3. The van der Waals surface area contributed by atoms with Gasteiger partial charge in [-0.1, -0.05) is 30.4 Å². The van der Waals surface area contributed by atoms with E-state index in [0.717, 1.165) is 26.4 Å². The number of allylic oxidation sites excluding steroid dienone is 5. The lowest BCUT2D eigenvalue weighted by atomic mass is 9.81. The van der Waals surface area contributed by atoms with Crippen molar-refractivity contribution in [2.75, 3.05) is 0 Å². The first-order valence-corrected chi connectivity index (χ1v) is 24.1. The fourth-order valence-corrected chi connectivity index (χ4v) is 10.3. The standard InChI is InChI=1S/C57H53FN4O7S/c1-28-29(2)53(64)38(30(3)52(28)63)13-10-16-51-62-45-21-18-36(26-48(45)70-51)24-42-34(7)55(66)40(32(5)57(42)68)12-9-15-50-61-44-20-17-35(25-47(44)69-50)23-41-33(6)54(65)39(31(4)56(41)67)11-8-14-49-59-43-22-19-37(58)27-46(43)60-49/h10,12-13,17-22,24-27,63-64,66,68H,8-9,11,14-16,23H2,1-7H3,(H,59,60)/b13-10+,40-12+,42-24+. The van der Waals surface area contributed by atoms with E-state index >= 15 is 0 Å². The highest BCUT2D eigenvalue weighted by Gasteiger charge is 2.30. The van der Waals surface area contributed by atoms with Gasteiger partial charge in [0.1, 0.15) is 40.2 Å². The predicted octanol–water partition coefficient (Wildman–Crippen LogP) is 10.7. The second-order valence-corrected chi connectivity index (χ2v) is 19.4. The Labute approximate surface area is 407 Å². The summed E-state index contributed by atoms with van der Waals surface area (Å²) >= 11 is 1.55. The summed E-state index contributed by atoms with van der Waals surface area (Å²) in [6.07, 6.45) is 10.8. The van der Waals surface area contributed by atoms with Crippen molar-refractivity contribution in [2.24, 2.45) is 0 Å². The molecule has 0 atom stereocenters. The molecule has 0 amide bonds. The first-order valence-electron chi connectivity index (χ1n) is 23.3. The van der Waals surface area contributed by atoms with Crippen LogP contribution in [-0.2, 0) is 35.3 Å². The van der Waals surface area contributed by atoms with Gasteiger partial charge in [0.25, 0.3) is 0 Å². The van der Waals surface area contributed by atoms with Gasteiger partial charge in [-0.2, -0.15) is 0 Å². The van der Waals surface area contributed by atoms with E-state index in [2.05, 4.69) is 15.0 Å². The second kappa shape index (κ2) is 19.0. The number of aryl methyl sites for hydroxylation is 2. The normalized spacial score (nSPS) is 14.1. The molecule has 13 heteroatoms. The summed E-state index contributed by atoms with van der Waals surface area (Å²) in [6, 6.07) is 15.9. The molecule has 9 rings (SSSR count). The van der Waals surface area contributed by atoms with E-state index in [1.54, 1.807) is 65.9 Å². The number of nitrogens with one attached hydrogen (secondary N) is 1. The fourth-order valence-electron chi connectivity index (χ4n) is 9.34. The van der Waals surface area contributed by atoms with E-state index in [-0.39, 0.29) is 46.8 Å². The van der Waals surface area contributed by atoms with Gasteiger partial charge in [-0.15, -0.1) is 11.3 Å². The molecule has 0 radical (unpaired) electrons. The van der Waals surface area contributed by atoms with Crippen LogP contribution in [0.5, 0.6) is 23.0 Å². The van der Waals surface area contributed by atoms with Crippen LogP contribution >= 0.6 is 11.3 Å². The second-order valence-electron chi connectivity index (χ2n) is 18.2. The molecule has 0 unspecified atom stereocenters. The third-order valence-electron chi connectivity index (χ3n) is 13.7. The molecule has 3 heterocycles. The summed E-state index contributed by atoms with van der Waals surface area (Å²) < 4.78 is 20.8. The van der Waals surface area contributed by atoms with Crippen LogP contribution in [0.25, 0.3) is 50.6 Å². The van der Waals surface area contributed by atoms with Gasteiger partial charge in [0.2, 0.25) is 0 Å². The number of rotatable bonds is 13. The molecule has 8 aromatic rings. The van der Waals surface area contributed by atoms with E-state index < -0.39 is 0 Å². The number of carbonyl (C=O) groups is 2. The van der Waals surface area contributed by atoms with E-state index in [1.807, 2.05) is 60.7 Å². The van der Waals surface area contributed by atoms with Crippen molar-refractivity contribution < 1.29 is 38.8 Å². The number of thiazole rings is 1. The molecule has 0 spiro atoms. The maximum absolute atomic E-state index is 13.7. The number of aromatic hydroxyl groups is 4. The lowest BCUT2D eigenvalue weighted by molar-refractivity contribution is -0.116. The van der Waals surface area contributed by atoms with Crippen molar-refractivity contribution >= 4 is 73.5 Å². The molecular formula is C57H53FN4O7S. The number of phenolic OH excluding ortho intramolecular Hbond substituents is 4. The van der Waals surface area contributed by atoms with Crippen molar-refractivity contribution in [2.45, 2.75) is 93.4 Å². The van der Waals surface area contributed by atoms with Gasteiger partial charge in [-0.05, 0) is 139 Å². The number of Topliss-reactive ketones (excluding diaryl/α,β-unsaturated/α-hetero) is 2. The average Bonchev–Trinajstić information content (AvgIpc) is 4.08. The molecule has 0 fully saturated rings. The smallest absolute Gasteiger partial charge is 0.195 e. The van der Waals surface area contributed by atoms with E-state index in [1.165, 1.54) is 12.1 Å². The van der Waals surface area contributed by atoms with Gasteiger partial charge in [-0.3, -0.25) is 9.59 Å². The Morgan fingerprint density at radius 1 is 0.686 bits per heavy atom. The number of hydrogen-bond acceptors (Lipinski definition) is 11. The number of carbonyl (C=O) groups excluding carboxylic acids is 2. The Bertz CT molecular complexity index is 3660. The fraction of sp³-hybridized carbons (Fsp3) is 0.246. The van der Waals surface area contributed by atoms with Gasteiger partial charge in [0, 0.05) is 80.7 Å². The van der Waals surface area contributed by atoms with Crippen LogP contribution in [0.2, 0.25) is 0 Å². The van der Waals surface area contributed by atoms with Gasteiger partial charge < -0.3 is 29.8 Å². The number of H-pyrrole nitrogens is 1. The molecule has 356 valence electrons. The number of hydrogen-bond donors (Lipinski definition) is 5. The van der Waals surface area contributed by atoms with E-state index in [4.69, 9.17) is 9.40 Å². The van der Waals surface area contributed by atoms with Crippen molar-refractivity contribution in [3.8, 4) is 23.0 Å². The van der Waals surface area contributed by atoms with Crippen LogP contribution in [0.4, 0.5) is 4.39 Å². The SMILES string of the molecule is CC1=C(CCCc2nc3ccc(F)cc3[nH]2)C(=O)C(C)=C(Cc2ccc3nc(CC/C=c4\c(C)c(O)/c(=C/c5ccc6nc(C/C=C/c7c(C)c(O)c(C)c(C)c7O)sc6c5)c(C)c4O)oc3c2)C1=O. The lowest BCUT2D eigenvalue weighted by Gasteiger charge is -2.20. The van der Waals surface area contributed by atoms with Crippen LogP contribution in [0.3, 0.4) is 0 Å². The highest BCUT2D eigenvalue weighted by Crippen LogP contribution is 2.37. The summed E-state index contributed by atoms with van der Waals surface area (Å²) in [6.45, 7) is 12.3. The Morgan fingerprint density at radius 3 is 2.19 bits per heavy atom. The molecule has 5 aromatic carbocycles. The van der Waals surface area contributed by atoms with Gasteiger partial charge >= 0.3 is 0 Å². The number of phenols is 4. The highest BCUT2D eigenvalue weighted by atomic mass is 32.1. The number of nitrogens with zero attached hydrogens (tertiary/aromatic N) is 3. The molecule has 11 nitrogen and oxygen atoms in total. The summed E-state index contributed by atoms with van der Waals surface area (Å²) in [7, 11) is 0. The van der Waals surface area contributed by atoms with Crippen molar-refractivity contribution in [1.82, 2.24) is 19.9 Å². The Hall–Kier alpha value is -7.64. The maximum Gasteiger partial charge on any atom is 0.195 e. The number of ketones is 2. The number of halogens is 1. The third kappa shape index (κ3) is 9.04. The lowest BCUT2D eigenvalue weighted by Crippen LogP contribution is -2.23.